The monoisotopic (exact) mass is 252 g/mol. The number of ether oxygens (including phenoxy) is 1. The highest BCUT2D eigenvalue weighted by molar-refractivity contribution is 5.85. The average Bonchev–Trinajstić information content (AvgIpc) is 2.89. The number of carbonyl (C=O) groups excluding carboxylic acids is 1. The number of likely N-dealkylation sites (tertiary alicyclic amines) is 1. The maximum atomic E-state index is 11.8. The van der Waals surface area contributed by atoms with Crippen molar-refractivity contribution < 1.29 is 13.9 Å². The quantitative estimate of drug-likeness (QED) is 0.850. The lowest BCUT2D eigenvalue weighted by atomic mass is 9.96. The topological polar surface area (TPSA) is 68.7 Å². The molecule has 1 aliphatic rings. The van der Waals surface area contributed by atoms with Gasteiger partial charge in [-0.15, -0.1) is 0 Å². The molecule has 5 heteroatoms. The molecule has 2 heterocycles. The van der Waals surface area contributed by atoms with Gasteiger partial charge in [-0.05, 0) is 32.4 Å². The van der Waals surface area contributed by atoms with Crippen molar-refractivity contribution in [1.29, 1.82) is 0 Å². The molecule has 2 N–H and O–H groups in total. The van der Waals surface area contributed by atoms with Crippen LogP contribution in [0.2, 0.25) is 0 Å². The Hall–Kier alpha value is -1.33. The van der Waals surface area contributed by atoms with E-state index in [0.29, 0.717) is 13.2 Å². The average molecular weight is 252 g/mol. The van der Waals surface area contributed by atoms with Gasteiger partial charge in [-0.3, -0.25) is 9.69 Å². The normalized spacial score (nSPS) is 24.6. The Morgan fingerprint density at radius 2 is 2.44 bits per heavy atom. The number of hydrogen-bond acceptors (Lipinski definition) is 4. The Morgan fingerprint density at radius 1 is 1.67 bits per heavy atom. The number of carbonyl (C=O) groups is 1. The molecule has 2 rings (SSSR count). The van der Waals surface area contributed by atoms with Crippen LogP contribution in [0, 0.1) is 6.92 Å². The van der Waals surface area contributed by atoms with E-state index in [-0.39, 0.29) is 5.91 Å². The van der Waals surface area contributed by atoms with Crippen LogP contribution < -0.4 is 5.73 Å². The molecule has 0 radical (unpaired) electrons. The highest BCUT2D eigenvalue weighted by Crippen LogP contribution is 2.31. The summed E-state index contributed by atoms with van der Waals surface area (Å²) in [4.78, 5) is 13.9. The minimum absolute atomic E-state index is 0.303. The Bertz CT molecular complexity index is 430. The number of nitrogens with zero attached hydrogens (tertiary/aromatic N) is 1. The molecular formula is C13H20N2O3. The van der Waals surface area contributed by atoms with Crippen LogP contribution in [0.25, 0.3) is 0 Å². The van der Waals surface area contributed by atoms with E-state index in [2.05, 4.69) is 4.90 Å². The summed E-state index contributed by atoms with van der Waals surface area (Å²) in [5.74, 6) is 0.584. The first-order chi connectivity index (χ1) is 8.60. The van der Waals surface area contributed by atoms with Crippen molar-refractivity contribution in [2.45, 2.75) is 31.8 Å². The number of hydrogen-bond donors (Lipinski definition) is 1. The molecule has 0 bridgehead atoms. The standard InChI is InChI=1S/C13H20N2O3/c1-10-11(4-7-18-10)8-15-6-3-5-13(15,9-17-2)12(14)16/h4,7H,3,5-6,8-9H2,1-2H3,(H2,14,16). The third kappa shape index (κ3) is 2.15. The molecular weight excluding hydrogens is 232 g/mol. The minimum Gasteiger partial charge on any atom is -0.469 e. The fraction of sp³-hybridized carbons (Fsp3) is 0.615. The molecule has 18 heavy (non-hydrogen) atoms. The molecule has 100 valence electrons. The Kier molecular flexibility index (Phi) is 3.73. The number of methoxy groups -OCH3 is 1. The van der Waals surface area contributed by atoms with Gasteiger partial charge in [0.05, 0.1) is 12.9 Å². The van der Waals surface area contributed by atoms with Crippen molar-refractivity contribution in [3.8, 4) is 0 Å². The summed E-state index contributed by atoms with van der Waals surface area (Å²) in [5.41, 5.74) is 6.02. The minimum atomic E-state index is -0.668. The third-order valence-corrected chi connectivity index (χ3v) is 3.79. The lowest BCUT2D eigenvalue weighted by molar-refractivity contribution is -0.132. The summed E-state index contributed by atoms with van der Waals surface area (Å²) in [6.07, 6.45) is 3.39. The smallest absolute Gasteiger partial charge is 0.240 e. The second-order valence-corrected chi connectivity index (χ2v) is 4.86. The lowest BCUT2D eigenvalue weighted by Crippen LogP contribution is -2.56. The van der Waals surface area contributed by atoms with Crippen LogP contribution >= 0.6 is 0 Å². The van der Waals surface area contributed by atoms with Crippen LogP contribution in [0.15, 0.2) is 16.7 Å². The molecule has 1 amide bonds. The van der Waals surface area contributed by atoms with E-state index >= 15 is 0 Å². The van der Waals surface area contributed by atoms with E-state index in [1.165, 1.54) is 0 Å². The summed E-state index contributed by atoms with van der Waals surface area (Å²) in [6, 6.07) is 1.94. The zero-order valence-corrected chi connectivity index (χ0v) is 10.9. The van der Waals surface area contributed by atoms with Gasteiger partial charge in [0, 0.05) is 19.2 Å². The van der Waals surface area contributed by atoms with Crippen LogP contribution in [0.3, 0.4) is 0 Å². The van der Waals surface area contributed by atoms with E-state index in [0.717, 1.165) is 30.7 Å². The summed E-state index contributed by atoms with van der Waals surface area (Å²) in [6.45, 7) is 3.80. The van der Waals surface area contributed by atoms with Crippen LogP contribution in [-0.4, -0.2) is 36.6 Å². The van der Waals surface area contributed by atoms with E-state index in [1.807, 2.05) is 13.0 Å². The van der Waals surface area contributed by atoms with E-state index in [4.69, 9.17) is 14.9 Å². The third-order valence-electron chi connectivity index (χ3n) is 3.79. The van der Waals surface area contributed by atoms with Crippen molar-refractivity contribution in [2.75, 3.05) is 20.3 Å². The number of nitrogens with two attached hydrogens (primary N) is 1. The molecule has 0 aromatic carbocycles. The molecule has 0 saturated carbocycles. The predicted molar refractivity (Wildman–Crippen MR) is 66.9 cm³/mol. The predicted octanol–water partition coefficient (Wildman–Crippen LogP) is 1.05. The van der Waals surface area contributed by atoms with Gasteiger partial charge in [0.25, 0.3) is 0 Å². The van der Waals surface area contributed by atoms with Crippen molar-refractivity contribution in [3.63, 3.8) is 0 Å². The summed E-state index contributed by atoms with van der Waals surface area (Å²) < 4.78 is 10.5. The molecule has 1 aromatic heterocycles. The van der Waals surface area contributed by atoms with Gasteiger partial charge in [0.15, 0.2) is 0 Å². The molecule has 1 aliphatic heterocycles. The molecule has 0 aliphatic carbocycles. The number of primary amides is 1. The first-order valence-corrected chi connectivity index (χ1v) is 6.17. The Balaban J connectivity index is 2.20. The summed E-state index contributed by atoms with van der Waals surface area (Å²) in [5, 5.41) is 0. The molecule has 1 fully saturated rings. The van der Waals surface area contributed by atoms with Gasteiger partial charge in [-0.1, -0.05) is 0 Å². The first kappa shape index (κ1) is 13.1. The second-order valence-electron chi connectivity index (χ2n) is 4.86. The highest BCUT2D eigenvalue weighted by atomic mass is 16.5. The van der Waals surface area contributed by atoms with Gasteiger partial charge in [0.1, 0.15) is 11.3 Å². The zero-order valence-electron chi connectivity index (χ0n) is 10.9. The molecule has 1 unspecified atom stereocenters. The van der Waals surface area contributed by atoms with Gasteiger partial charge in [0.2, 0.25) is 5.91 Å². The molecule has 0 spiro atoms. The summed E-state index contributed by atoms with van der Waals surface area (Å²) >= 11 is 0. The molecule has 1 saturated heterocycles. The lowest BCUT2D eigenvalue weighted by Gasteiger charge is -2.35. The maximum Gasteiger partial charge on any atom is 0.240 e. The zero-order chi connectivity index (χ0) is 13.2. The van der Waals surface area contributed by atoms with E-state index in [1.54, 1.807) is 13.4 Å². The number of furan rings is 1. The fourth-order valence-corrected chi connectivity index (χ4v) is 2.70. The Morgan fingerprint density at radius 3 is 3.00 bits per heavy atom. The number of rotatable bonds is 5. The molecule has 1 atom stereocenters. The van der Waals surface area contributed by atoms with E-state index < -0.39 is 5.54 Å². The molecule has 5 nitrogen and oxygen atoms in total. The van der Waals surface area contributed by atoms with Crippen LogP contribution in [-0.2, 0) is 16.1 Å². The van der Waals surface area contributed by atoms with Gasteiger partial charge in [-0.25, -0.2) is 0 Å². The van der Waals surface area contributed by atoms with E-state index in [9.17, 15) is 4.79 Å². The van der Waals surface area contributed by atoms with Gasteiger partial charge in [-0.2, -0.15) is 0 Å². The highest BCUT2D eigenvalue weighted by Gasteiger charge is 2.46. The Labute approximate surface area is 107 Å². The van der Waals surface area contributed by atoms with Crippen molar-refractivity contribution in [3.05, 3.63) is 23.7 Å². The largest absolute Gasteiger partial charge is 0.469 e. The SMILES string of the molecule is COCC1(C(N)=O)CCCN1Cc1ccoc1C. The van der Waals surface area contributed by atoms with Gasteiger partial charge >= 0.3 is 0 Å². The summed E-state index contributed by atoms with van der Waals surface area (Å²) in [7, 11) is 1.60. The number of amides is 1. The fourth-order valence-electron chi connectivity index (χ4n) is 2.70. The number of aryl methyl sites for hydroxylation is 1. The second kappa shape index (κ2) is 5.12. The van der Waals surface area contributed by atoms with Gasteiger partial charge < -0.3 is 14.9 Å². The maximum absolute atomic E-state index is 11.8. The van der Waals surface area contributed by atoms with Crippen LogP contribution in [0.1, 0.15) is 24.2 Å². The first-order valence-electron chi connectivity index (χ1n) is 6.17. The van der Waals surface area contributed by atoms with Crippen molar-refractivity contribution in [1.82, 2.24) is 4.90 Å². The van der Waals surface area contributed by atoms with Crippen LogP contribution in [0.4, 0.5) is 0 Å². The van der Waals surface area contributed by atoms with Crippen molar-refractivity contribution in [2.24, 2.45) is 5.73 Å². The van der Waals surface area contributed by atoms with Crippen molar-refractivity contribution >= 4 is 5.91 Å². The molecule has 1 aromatic rings. The van der Waals surface area contributed by atoms with Crippen LogP contribution in [0.5, 0.6) is 0 Å².